The van der Waals surface area contributed by atoms with E-state index in [1.54, 1.807) is 0 Å². The van der Waals surface area contributed by atoms with Crippen LogP contribution >= 0.6 is 0 Å². The van der Waals surface area contributed by atoms with Crippen molar-refractivity contribution < 1.29 is 4.74 Å². The average Bonchev–Trinajstić information content (AvgIpc) is 2.47. The first-order valence-electron chi connectivity index (χ1n) is 7.91. The van der Waals surface area contributed by atoms with E-state index in [1.807, 2.05) is 0 Å². The molecule has 1 aromatic carbocycles. The largest absolute Gasteiger partial charge is 0.379 e. The molecule has 1 N–H and O–H groups in total. The number of benzene rings is 1. The third-order valence-electron chi connectivity index (χ3n) is 4.55. The van der Waals surface area contributed by atoms with Crippen molar-refractivity contribution >= 4 is 5.69 Å². The van der Waals surface area contributed by atoms with E-state index >= 15 is 0 Å². The minimum absolute atomic E-state index is 0.509. The van der Waals surface area contributed by atoms with Gasteiger partial charge in [-0.15, -0.1) is 0 Å². The fourth-order valence-corrected chi connectivity index (χ4v) is 3.52. The first kappa shape index (κ1) is 13.9. The van der Waals surface area contributed by atoms with Crippen LogP contribution in [0, 0.1) is 6.92 Å². The van der Waals surface area contributed by atoms with E-state index < -0.39 is 0 Å². The molecule has 0 radical (unpaired) electrons. The van der Waals surface area contributed by atoms with Gasteiger partial charge in [0.15, 0.2) is 0 Å². The molecule has 0 aliphatic carbocycles. The normalized spacial score (nSPS) is 24.3. The second-order valence-electron chi connectivity index (χ2n) is 6.24. The predicted octanol–water partition coefficient (Wildman–Crippen LogP) is 2.51. The summed E-state index contributed by atoms with van der Waals surface area (Å²) < 4.78 is 5.57. The van der Waals surface area contributed by atoms with E-state index in [1.165, 1.54) is 36.2 Å². The summed E-state index contributed by atoms with van der Waals surface area (Å²) in [6.45, 7) is 8.44. The Hall–Kier alpha value is -1.06. The third-order valence-corrected chi connectivity index (χ3v) is 4.55. The lowest BCUT2D eigenvalue weighted by Crippen LogP contribution is -2.47. The van der Waals surface area contributed by atoms with Crippen molar-refractivity contribution in [2.75, 3.05) is 31.2 Å². The molecule has 1 fully saturated rings. The van der Waals surface area contributed by atoms with Crippen LogP contribution in [0.2, 0.25) is 0 Å². The maximum Gasteiger partial charge on any atom is 0.0621 e. The van der Waals surface area contributed by atoms with E-state index in [-0.39, 0.29) is 0 Å². The number of hydrogen-bond donors (Lipinski definition) is 1. The van der Waals surface area contributed by atoms with Gasteiger partial charge in [0.2, 0.25) is 0 Å². The lowest BCUT2D eigenvalue weighted by atomic mass is 9.96. The van der Waals surface area contributed by atoms with Crippen LogP contribution in [-0.4, -0.2) is 38.4 Å². The summed E-state index contributed by atoms with van der Waals surface area (Å²) in [7, 11) is 0. The van der Waals surface area contributed by atoms with Gasteiger partial charge in [-0.25, -0.2) is 0 Å². The molecule has 0 amide bonds. The Kier molecular flexibility index (Phi) is 4.27. The molecule has 0 spiro atoms. The monoisotopic (exact) mass is 274 g/mol. The average molecular weight is 274 g/mol. The Morgan fingerprint density at radius 2 is 2.35 bits per heavy atom. The van der Waals surface area contributed by atoms with Crippen LogP contribution in [0.15, 0.2) is 18.2 Å². The van der Waals surface area contributed by atoms with Gasteiger partial charge in [-0.05, 0) is 44.7 Å². The maximum atomic E-state index is 5.57. The first-order chi connectivity index (χ1) is 9.74. The zero-order valence-electron chi connectivity index (χ0n) is 12.7. The summed E-state index contributed by atoms with van der Waals surface area (Å²) >= 11 is 0. The molecule has 2 atom stereocenters. The molecule has 0 bridgehead atoms. The lowest BCUT2D eigenvalue weighted by Gasteiger charge is -2.38. The van der Waals surface area contributed by atoms with Gasteiger partial charge in [0.1, 0.15) is 0 Å². The van der Waals surface area contributed by atoms with Gasteiger partial charge < -0.3 is 15.0 Å². The number of anilines is 1. The second-order valence-corrected chi connectivity index (χ2v) is 6.24. The first-order valence-corrected chi connectivity index (χ1v) is 7.91. The summed E-state index contributed by atoms with van der Waals surface area (Å²) in [4.78, 5) is 2.59. The van der Waals surface area contributed by atoms with Crippen LogP contribution in [-0.2, 0) is 11.2 Å². The van der Waals surface area contributed by atoms with Crippen molar-refractivity contribution in [3.8, 4) is 0 Å². The molecular formula is C17H26N2O. The van der Waals surface area contributed by atoms with Gasteiger partial charge >= 0.3 is 0 Å². The van der Waals surface area contributed by atoms with Crippen LogP contribution in [0.5, 0.6) is 0 Å². The minimum Gasteiger partial charge on any atom is -0.379 e. The molecular weight excluding hydrogens is 248 g/mol. The van der Waals surface area contributed by atoms with Gasteiger partial charge in [0.25, 0.3) is 0 Å². The number of nitrogens with one attached hydrogen (secondary N) is 1. The minimum atomic E-state index is 0.509. The molecule has 0 saturated carbocycles. The smallest absolute Gasteiger partial charge is 0.0621 e. The molecule has 2 aliphatic heterocycles. The van der Waals surface area contributed by atoms with Gasteiger partial charge in [-0.1, -0.05) is 17.7 Å². The van der Waals surface area contributed by atoms with Crippen LogP contribution in [0.3, 0.4) is 0 Å². The van der Waals surface area contributed by atoms with E-state index in [0.29, 0.717) is 12.1 Å². The topological polar surface area (TPSA) is 24.5 Å². The van der Waals surface area contributed by atoms with Crippen LogP contribution in [0.4, 0.5) is 5.69 Å². The second kappa shape index (κ2) is 6.15. The number of hydrogen-bond acceptors (Lipinski definition) is 3. The lowest BCUT2D eigenvalue weighted by molar-refractivity contribution is 0.0722. The quantitative estimate of drug-likeness (QED) is 0.916. The Labute approximate surface area is 122 Å². The van der Waals surface area contributed by atoms with Gasteiger partial charge in [-0.2, -0.15) is 0 Å². The van der Waals surface area contributed by atoms with Gasteiger partial charge in [0.05, 0.1) is 13.2 Å². The Bertz CT molecular complexity index is 454. The van der Waals surface area contributed by atoms with Crippen LogP contribution in [0.25, 0.3) is 0 Å². The van der Waals surface area contributed by atoms with Crippen molar-refractivity contribution in [1.29, 1.82) is 0 Å². The Morgan fingerprint density at radius 3 is 3.15 bits per heavy atom. The van der Waals surface area contributed by atoms with Crippen molar-refractivity contribution in [1.82, 2.24) is 5.32 Å². The van der Waals surface area contributed by atoms with E-state index in [0.717, 1.165) is 26.2 Å². The molecule has 3 heteroatoms. The van der Waals surface area contributed by atoms with E-state index in [2.05, 4.69) is 42.3 Å². The summed E-state index contributed by atoms with van der Waals surface area (Å²) in [5.74, 6) is 0. The molecule has 3 rings (SSSR count). The van der Waals surface area contributed by atoms with E-state index in [4.69, 9.17) is 4.74 Å². The zero-order valence-corrected chi connectivity index (χ0v) is 12.7. The summed E-state index contributed by atoms with van der Waals surface area (Å²) in [5.41, 5.74) is 4.35. The van der Waals surface area contributed by atoms with Crippen molar-refractivity contribution in [3.05, 3.63) is 29.3 Å². The number of ether oxygens (including phenoxy) is 1. The van der Waals surface area contributed by atoms with Gasteiger partial charge in [-0.3, -0.25) is 0 Å². The number of nitrogens with zero attached hydrogens (tertiary/aromatic N) is 1. The molecule has 2 heterocycles. The number of aryl methyl sites for hydroxylation is 2. The Morgan fingerprint density at radius 1 is 1.45 bits per heavy atom. The summed E-state index contributed by atoms with van der Waals surface area (Å²) in [6.07, 6.45) is 3.66. The predicted molar refractivity (Wildman–Crippen MR) is 83.5 cm³/mol. The van der Waals surface area contributed by atoms with Crippen LogP contribution < -0.4 is 10.2 Å². The molecule has 3 nitrogen and oxygen atoms in total. The fourth-order valence-electron chi connectivity index (χ4n) is 3.52. The molecule has 2 aliphatic rings. The molecule has 0 aromatic heterocycles. The highest BCUT2D eigenvalue weighted by Crippen LogP contribution is 2.30. The third kappa shape index (κ3) is 2.99. The highest BCUT2D eigenvalue weighted by atomic mass is 16.5. The highest BCUT2D eigenvalue weighted by molar-refractivity contribution is 5.57. The molecule has 2 unspecified atom stereocenters. The highest BCUT2D eigenvalue weighted by Gasteiger charge is 2.24. The van der Waals surface area contributed by atoms with E-state index in [9.17, 15) is 0 Å². The fraction of sp³-hybridized carbons (Fsp3) is 0.647. The number of morpholine rings is 1. The standard InChI is InChI=1S/C17H26N2O/c1-13-5-6-17-15(10-13)4-3-8-19(17)14(2)11-16-12-20-9-7-18-16/h5-6,10,14,16,18H,3-4,7-9,11-12H2,1-2H3. The van der Waals surface area contributed by atoms with Crippen LogP contribution in [0.1, 0.15) is 30.9 Å². The molecule has 20 heavy (non-hydrogen) atoms. The molecule has 1 aromatic rings. The molecule has 110 valence electrons. The molecule has 1 saturated heterocycles. The summed E-state index contributed by atoms with van der Waals surface area (Å²) in [6, 6.07) is 7.98. The van der Waals surface area contributed by atoms with Gasteiger partial charge in [0, 0.05) is 30.9 Å². The maximum absolute atomic E-state index is 5.57. The SMILES string of the molecule is Cc1ccc2c(c1)CCCN2C(C)CC1COCCN1. The number of fused-ring (bicyclic) bond motifs is 1. The van der Waals surface area contributed by atoms with Crippen molar-refractivity contribution in [3.63, 3.8) is 0 Å². The number of rotatable bonds is 3. The van der Waals surface area contributed by atoms with Crippen molar-refractivity contribution in [2.45, 2.75) is 45.2 Å². The van der Waals surface area contributed by atoms with Crippen molar-refractivity contribution in [2.24, 2.45) is 0 Å². The summed E-state index contributed by atoms with van der Waals surface area (Å²) in [5, 5.41) is 3.57. The Balaban J connectivity index is 1.71. The zero-order chi connectivity index (χ0) is 13.9.